The molecule has 1 heterocycles. The van der Waals surface area contributed by atoms with E-state index in [1.807, 2.05) is 12.1 Å². The van der Waals surface area contributed by atoms with Crippen LogP contribution >= 0.6 is 15.9 Å². The first-order valence-corrected chi connectivity index (χ1v) is 12.3. The van der Waals surface area contributed by atoms with Gasteiger partial charge in [0.05, 0.1) is 4.90 Å². The molecule has 0 aliphatic carbocycles. The van der Waals surface area contributed by atoms with Gasteiger partial charge in [-0.25, -0.2) is 18.7 Å². The highest BCUT2D eigenvalue weighted by atomic mass is 79.9. The van der Waals surface area contributed by atoms with Gasteiger partial charge in [0, 0.05) is 41.7 Å². The molecule has 2 rings (SSSR count). The molecule has 30 heavy (non-hydrogen) atoms. The van der Waals surface area contributed by atoms with Crippen molar-refractivity contribution in [2.75, 3.05) is 13.1 Å². The summed E-state index contributed by atoms with van der Waals surface area (Å²) in [6.45, 7) is 1.27. The van der Waals surface area contributed by atoms with Crippen LogP contribution in [0.5, 0.6) is 0 Å². The SMILES string of the molecule is N=N/C(=C\NCCCCCCCCNS(=O)(=O)c1ccccc1Br)c1cccnc1. The van der Waals surface area contributed by atoms with E-state index in [0.717, 1.165) is 50.6 Å². The standard InChI is InChI=1S/C21H28BrN5O2S/c22-19-11-5-6-12-21(19)30(28,29)26-15-8-4-2-1-3-7-13-25-17-20(27-23)18-10-9-14-24-16-18/h5-6,9-12,14,16-17,23,25-26H,1-4,7-8,13,15H2/b20-17-,27-23?. The fourth-order valence-corrected chi connectivity index (χ4v) is 4.94. The quantitative estimate of drug-likeness (QED) is 0.251. The van der Waals surface area contributed by atoms with Gasteiger partial charge in [0.25, 0.3) is 0 Å². The maximum Gasteiger partial charge on any atom is 0.241 e. The van der Waals surface area contributed by atoms with Crippen molar-refractivity contribution in [3.63, 3.8) is 0 Å². The molecule has 0 atom stereocenters. The van der Waals surface area contributed by atoms with E-state index in [4.69, 9.17) is 5.53 Å². The summed E-state index contributed by atoms with van der Waals surface area (Å²) in [6, 6.07) is 10.5. The molecule has 0 saturated heterocycles. The first-order chi connectivity index (χ1) is 14.5. The topological polar surface area (TPSA) is 107 Å². The normalized spacial score (nSPS) is 12.0. The van der Waals surface area contributed by atoms with Crippen molar-refractivity contribution < 1.29 is 8.42 Å². The van der Waals surface area contributed by atoms with Gasteiger partial charge < -0.3 is 5.32 Å². The Hall–Kier alpha value is -2.10. The molecular formula is C21H28BrN5O2S. The van der Waals surface area contributed by atoms with Crippen LogP contribution in [-0.4, -0.2) is 26.5 Å². The van der Waals surface area contributed by atoms with Crippen molar-refractivity contribution in [1.29, 1.82) is 5.53 Å². The van der Waals surface area contributed by atoms with Crippen molar-refractivity contribution in [3.8, 4) is 0 Å². The lowest BCUT2D eigenvalue weighted by molar-refractivity contribution is 0.562. The lowest BCUT2D eigenvalue weighted by atomic mass is 10.1. The largest absolute Gasteiger partial charge is 0.389 e. The molecule has 9 heteroatoms. The van der Waals surface area contributed by atoms with Gasteiger partial charge in [0.1, 0.15) is 5.70 Å². The molecule has 162 valence electrons. The Morgan fingerprint density at radius 3 is 2.40 bits per heavy atom. The monoisotopic (exact) mass is 493 g/mol. The zero-order chi connectivity index (χ0) is 21.7. The van der Waals surface area contributed by atoms with Crippen molar-refractivity contribution >= 4 is 31.7 Å². The van der Waals surface area contributed by atoms with Crippen LogP contribution in [0, 0.1) is 5.53 Å². The van der Waals surface area contributed by atoms with E-state index >= 15 is 0 Å². The number of hydrogen-bond donors (Lipinski definition) is 3. The number of unbranched alkanes of at least 4 members (excludes halogenated alkanes) is 5. The predicted octanol–water partition coefficient (Wildman–Crippen LogP) is 5.08. The summed E-state index contributed by atoms with van der Waals surface area (Å²) in [4.78, 5) is 4.31. The van der Waals surface area contributed by atoms with Crippen LogP contribution in [-0.2, 0) is 10.0 Å². The fourth-order valence-electron chi connectivity index (χ4n) is 2.87. The minimum atomic E-state index is -3.46. The van der Waals surface area contributed by atoms with Crippen molar-refractivity contribution in [3.05, 3.63) is 65.0 Å². The molecule has 0 bridgehead atoms. The van der Waals surface area contributed by atoms with Crippen LogP contribution in [0.4, 0.5) is 0 Å². The smallest absolute Gasteiger partial charge is 0.241 e. The van der Waals surface area contributed by atoms with Crippen LogP contribution in [0.15, 0.2) is 69.5 Å². The second kappa shape index (κ2) is 13.3. The molecule has 0 unspecified atom stereocenters. The van der Waals surface area contributed by atoms with Crippen LogP contribution in [0.2, 0.25) is 0 Å². The Labute approximate surface area is 187 Å². The number of rotatable bonds is 14. The van der Waals surface area contributed by atoms with Gasteiger partial charge in [-0.3, -0.25) is 4.98 Å². The average molecular weight is 494 g/mol. The van der Waals surface area contributed by atoms with E-state index in [1.165, 1.54) is 0 Å². The van der Waals surface area contributed by atoms with Gasteiger partial charge in [-0.15, -0.1) is 0 Å². The molecule has 2 aromatic rings. The Morgan fingerprint density at radius 1 is 1.03 bits per heavy atom. The molecule has 7 nitrogen and oxygen atoms in total. The molecule has 0 spiro atoms. The molecule has 0 fully saturated rings. The number of halogens is 1. The molecule has 0 aliphatic rings. The summed E-state index contributed by atoms with van der Waals surface area (Å²) in [5.74, 6) is 0. The third kappa shape index (κ3) is 8.33. The Balaban J connectivity index is 1.53. The van der Waals surface area contributed by atoms with E-state index in [1.54, 1.807) is 42.9 Å². The lowest BCUT2D eigenvalue weighted by Crippen LogP contribution is -2.25. The number of sulfonamides is 1. The van der Waals surface area contributed by atoms with Crippen molar-refractivity contribution in [2.45, 2.75) is 43.4 Å². The summed E-state index contributed by atoms with van der Waals surface area (Å²) in [7, 11) is -3.46. The average Bonchev–Trinajstić information content (AvgIpc) is 2.75. The van der Waals surface area contributed by atoms with E-state index < -0.39 is 10.0 Å². The highest BCUT2D eigenvalue weighted by molar-refractivity contribution is 9.10. The van der Waals surface area contributed by atoms with Crippen LogP contribution in [0.3, 0.4) is 0 Å². The fraction of sp³-hybridized carbons (Fsp3) is 0.381. The molecular weight excluding hydrogens is 466 g/mol. The van der Waals surface area contributed by atoms with Crippen LogP contribution in [0.25, 0.3) is 5.70 Å². The third-order valence-corrected chi connectivity index (χ3v) is 6.96. The van der Waals surface area contributed by atoms with Gasteiger partial charge in [-0.05, 0) is 53.0 Å². The van der Waals surface area contributed by atoms with E-state index in [2.05, 4.69) is 36.1 Å². The summed E-state index contributed by atoms with van der Waals surface area (Å²) in [5, 5.41) is 6.73. The Morgan fingerprint density at radius 2 is 1.73 bits per heavy atom. The van der Waals surface area contributed by atoms with Gasteiger partial charge >= 0.3 is 0 Å². The minimum absolute atomic E-state index is 0.274. The minimum Gasteiger partial charge on any atom is -0.389 e. The Kier molecular flexibility index (Phi) is 10.7. The lowest BCUT2D eigenvalue weighted by Gasteiger charge is -2.08. The molecule has 0 radical (unpaired) electrons. The number of nitrogens with zero attached hydrogens (tertiary/aromatic N) is 2. The zero-order valence-corrected chi connectivity index (χ0v) is 19.3. The zero-order valence-electron chi connectivity index (χ0n) is 16.9. The number of benzene rings is 1. The number of nitrogens with one attached hydrogen (secondary N) is 3. The second-order valence-electron chi connectivity index (χ2n) is 6.79. The van der Waals surface area contributed by atoms with Gasteiger partial charge in [0.2, 0.25) is 10.0 Å². The first-order valence-electron chi connectivity index (χ1n) is 10.00. The van der Waals surface area contributed by atoms with E-state index in [9.17, 15) is 8.42 Å². The van der Waals surface area contributed by atoms with Crippen molar-refractivity contribution in [2.24, 2.45) is 5.11 Å². The maximum atomic E-state index is 12.3. The molecule has 1 aromatic heterocycles. The number of aromatic nitrogens is 1. The van der Waals surface area contributed by atoms with E-state index in [0.29, 0.717) is 16.7 Å². The summed E-state index contributed by atoms with van der Waals surface area (Å²) < 4.78 is 27.8. The molecule has 0 aliphatic heterocycles. The summed E-state index contributed by atoms with van der Waals surface area (Å²) in [5.41, 5.74) is 8.64. The second-order valence-corrected chi connectivity index (χ2v) is 9.38. The number of hydrogen-bond acceptors (Lipinski definition) is 6. The summed E-state index contributed by atoms with van der Waals surface area (Å²) >= 11 is 3.28. The van der Waals surface area contributed by atoms with Gasteiger partial charge in [-0.1, -0.05) is 37.8 Å². The highest BCUT2D eigenvalue weighted by Gasteiger charge is 2.15. The summed E-state index contributed by atoms with van der Waals surface area (Å²) in [6.07, 6.45) is 11.3. The van der Waals surface area contributed by atoms with Gasteiger partial charge in [-0.2, -0.15) is 5.11 Å². The van der Waals surface area contributed by atoms with Crippen LogP contribution in [0.1, 0.15) is 44.1 Å². The molecule has 0 amide bonds. The maximum absolute atomic E-state index is 12.3. The van der Waals surface area contributed by atoms with Crippen molar-refractivity contribution in [1.82, 2.24) is 15.0 Å². The predicted molar refractivity (Wildman–Crippen MR) is 122 cm³/mol. The molecule has 0 saturated carbocycles. The molecule has 1 aromatic carbocycles. The van der Waals surface area contributed by atoms with E-state index in [-0.39, 0.29) is 4.90 Å². The number of pyridine rings is 1. The molecule has 3 N–H and O–H groups in total. The third-order valence-electron chi connectivity index (χ3n) is 4.48. The first kappa shape index (κ1) is 24.2. The van der Waals surface area contributed by atoms with Gasteiger partial charge in [0.15, 0.2) is 0 Å². The highest BCUT2D eigenvalue weighted by Crippen LogP contribution is 2.20. The Bertz CT molecular complexity index is 920. The van der Waals surface area contributed by atoms with Crippen LogP contribution < -0.4 is 10.0 Å².